The molecular formula is C13H19F2N. The van der Waals surface area contributed by atoms with Gasteiger partial charge in [-0.3, -0.25) is 0 Å². The summed E-state index contributed by atoms with van der Waals surface area (Å²) in [5.41, 5.74) is 0.475. The lowest BCUT2D eigenvalue weighted by molar-refractivity contribution is 0.481. The molecule has 0 heterocycles. The smallest absolute Gasteiger partial charge is 0.126 e. The molecule has 90 valence electrons. The van der Waals surface area contributed by atoms with Gasteiger partial charge in [-0.2, -0.15) is 0 Å². The number of benzene rings is 1. The van der Waals surface area contributed by atoms with E-state index in [1.54, 1.807) is 0 Å². The van der Waals surface area contributed by atoms with Crippen LogP contribution in [0.2, 0.25) is 0 Å². The maximum atomic E-state index is 13.3. The summed E-state index contributed by atoms with van der Waals surface area (Å²) in [5.74, 6) is -0.199. The first-order valence-electron chi connectivity index (χ1n) is 5.78. The molecule has 3 heteroatoms. The number of hydrogen-bond acceptors (Lipinski definition) is 1. The Hall–Kier alpha value is -0.960. The molecule has 1 aromatic rings. The number of nitrogens with one attached hydrogen (secondary N) is 1. The Balaban J connectivity index is 2.44. The summed E-state index contributed by atoms with van der Waals surface area (Å²) in [6.07, 6.45) is 1.46. The van der Waals surface area contributed by atoms with Crippen LogP contribution in [0, 0.1) is 17.6 Å². The standard InChI is InChI=1S/C13H19F2N/c1-3-16-9-10(2)4-5-11-8-12(14)6-7-13(11)15/h6-8,10,16H,3-5,9H2,1-2H3. The van der Waals surface area contributed by atoms with Crippen molar-refractivity contribution in [3.8, 4) is 0 Å². The molecule has 0 saturated heterocycles. The van der Waals surface area contributed by atoms with E-state index in [1.165, 1.54) is 12.1 Å². The molecule has 0 aliphatic rings. The quantitative estimate of drug-likeness (QED) is 0.787. The second kappa shape index (κ2) is 6.59. The summed E-state index contributed by atoms with van der Waals surface area (Å²) in [6, 6.07) is 3.63. The number of aryl methyl sites for hydroxylation is 1. The van der Waals surface area contributed by atoms with E-state index >= 15 is 0 Å². The van der Waals surface area contributed by atoms with E-state index in [-0.39, 0.29) is 11.6 Å². The van der Waals surface area contributed by atoms with Gasteiger partial charge in [-0.1, -0.05) is 13.8 Å². The molecule has 0 aromatic heterocycles. The Morgan fingerprint density at radius 2 is 2.06 bits per heavy atom. The molecule has 0 amide bonds. The highest BCUT2D eigenvalue weighted by Crippen LogP contribution is 2.14. The van der Waals surface area contributed by atoms with E-state index in [2.05, 4.69) is 19.2 Å². The summed E-state index contributed by atoms with van der Waals surface area (Å²) in [7, 11) is 0. The van der Waals surface area contributed by atoms with Gasteiger partial charge in [0.15, 0.2) is 0 Å². The lowest BCUT2D eigenvalue weighted by Crippen LogP contribution is -2.21. The number of halogens is 2. The van der Waals surface area contributed by atoms with E-state index in [4.69, 9.17) is 0 Å². The average molecular weight is 227 g/mol. The molecule has 16 heavy (non-hydrogen) atoms. The van der Waals surface area contributed by atoms with E-state index in [0.29, 0.717) is 17.9 Å². The molecule has 0 radical (unpaired) electrons. The van der Waals surface area contributed by atoms with Gasteiger partial charge in [0.25, 0.3) is 0 Å². The van der Waals surface area contributed by atoms with Crippen LogP contribution in [0.3, 0.4) is 0 Å². The van der Waals surface area contributed by atoms with Crippen LogP contribution in [0.25, 0.3) is 0 Å². The van der Waals surface area contributed by atoms with Crippen LogP contribution in [0.1, 0.15) is 25.8 Å². The van der Waals surface area contributed by atoms with Gasteiger partial charge in [0, 0.05) is 0 Å². The van der Waals surface area contributed by atoms with Crippen molar-refractivity contribution in [2.24, 2.45) is 5.92 Å². The number of hydrogen-bond donors (Lipinski definition) is 1. The highest BCUT2D eigenvalue weighted by Gasteiger charge is 2.06. The second-order valence-corrected chi connectivity index (χ2v) is 4.19. The van der Waals surface area contributed by atoms with Crippen molar-refractivity contribution in [3.05, 3.63) is 35.4 Å². The zero-order valence-corrected chi connectivity index (χ0v) is 9.89. The second-order valence-electron chi connectivity index (χ2n) is 4.19. The van der Waals surface area contributed by atoms with Crippen molar-refractivity contribution >= 4 is 0 Å². The zero-order chi connectivity index (χ0) is 12.0. The van der Waals surface area contributed by atoms with E-state index in [0.717, 1.165) is 25.6 Å². The highest BCUT2D eigenvalue weighted by atomic mass is 19.1. The lowest BCUT2D eigenvalue weighted by Gasteiger charge is -2.11. The summed E-state index contributed by atoms with van der Waals surface area (Å²) in [5, 5.41) is 3.24. The van der Waals surface area contributed by atoms with Gasteiger partial charge in [0.2, 0.25) is 0 Å². The van der Waals surface area contributed by atoms with E-state index in [1.807, 2.05) is 0 Å². The Labute approximate surface area is 95.9 Å². The van der Waals surface area contributed by atoms with Crippen molar-refractivity contribution in [3.63, 3.8) is 0 Å². The predicted octanol–water partition coefficient (Wildman–Crippen LogP) is 3.14. The van der Waals surface area contributed by atoms with Gasteiger partial charge in [-0.15, -0.1) is 0 Å². The minimum Gasteiger partial charge on any atom is -0.317 e. The van der Waals surface area contributed by atoms with Gasteiger partial charge in [0.05, 0.1) is 0 Å². The molecule has 1 unspecified atom stereocenters. The Morgan fingerprint density at radius 1 is 1.31 bits per heavy atom. The molecule has 1 aromatic carbocycles. The fourth-order valence-electron chi connectivity index (χ4n) is 1.63. The third-order valence-electron chi connectivity index (χ3n) is 2.66. The third kappa shape index (κ3) is 4.27. The summed E-state index contributed by atoms with van der Waals surface area (Å²) >= 11 is 0. The Morgan fingerprint density at radius 3 is 2.75 bits per heavy atom. The van der Waals surface area contributed by atoms with Crippen LogP contribution in [0.15, 0.2) is 18.2 Å². The van der Waals surface area contributed by atoms with Crippen LogP contribution in [0.5, 0.6) is 0 Å². The molecule has 0 fully saturated rings. The van der Waals surface area contributed by atoms with Gasteiger partial charge in [-0.05, 0) is 55.6 Å². The first-order valence-corrected chi connectivity index (χ1v) is 5.78. The first kappa shape index (κ1) is 13.1. The zero-order valence-electron chi connectivity index (χ0n) is 9.89. The van der Waals surface area contributed by atoms with Gasteiger partial charge >= 0.3 is 0 Å². The molecule has 0 saturated carbocycles. The fraction of sp³-hybridized carbons (Fsp3) is 0.538. The molecule has 0 aliphatic heterocycles. The maximum absolute atomic E-state index is 13.3. The molecule has 1 nitrogen and oxygen atoms in total. The Bertz CT molecular complexity index is 326. The largest absolute Gasteiger partial charge is 0.317 e. The minimum atomic E-state index is -0.365. The van der Waals surface area contributed by atoms with Crippen LogP contribution in [0.4, 0.5) is 8.78 Å². The summed E-state index contributed by atoms with van der Waals surface area (Å²) in [4.78, 5) is 0. The van der Waals surface area contributed by atoms with Crippen LogP contribution in [-0.2, 0) is 6.42 Å². The first-order chi connectivity index (χ1) is 7.63. The molecule has 1 rings (SSSR count). The molecule has 0 aliphatic carbocycles. The number of rotatable bonds is 6. The van der Waals surface area contributed by atoms with Crippen molar-refractivity contribution in [1.82, 2.24) is 5.32 Å². The van der Waals surface area contributed by atoms with Gasteiger partial charge in [-0.25, -0.2) is 8.78 Å². The minimum absolute atomic E-state index is 0.308. The summed E-state index contributed by atoms with van der Waals surface area (Å²) < 4.78 is 26.2. The molecule has 1 N–H and O–H groups in total. The topological polar surface area (TPSA) is 12.0 Å². The van der Waals surface area contributed by atoms with Crippen LogP contribution in [-0.4, -0.2) is 13.1 Å². The summed E-state index contributed by atoms with van der Waals surface area (Å²) in [6.45, 7) is 6.03. The SMILES string of the molecule is CCNCC(C)CCc1cc(F)ccc1F. The van der Waals surface area contributed by atoms with Crippen LogP contribution >= 0.6 is 0 Å². The monoisotopic (exact) mass is 227 g/mol. The highest BCUT2D eigenvalue weighted by molar-refractivity contribution is 5.18. The van der Waals surface area contributed by atoms with Gasteiger partial charge in [0.1, 0.15) is 11.6 Å². The Kier molecular flexibility index (Phi) is 5.39. The van der Waals surface area contributed by atoms with E-state index < -0.39 is 0 Å². The van der Waals surface area contributed by atoms with Gasteiger partial charge < -0.3 is 5.32 Å². The normalized spacial score (nSPS) is 12.8. The molecule has 1 atom stereocenters. The fourth-order valence-corrected chi connectivity index (χ4v) is 1.63. The lowest BCUT2D eigenvalue weighted by atomic mass is 10.0. The van der Waals surface area contributed by atoms with Crippen molar-refractivity contribution < 1.29 is 8.78 Å². The van der Waals surface area contributed by atoms with Crippen LogP contribution < -0.4 is 5.32 Å². The molecule has 0 spiro atoms. The molecule has 0 bridgehead atoms. The van der Waals surface area contributed by atoms with E-state index in [9.17, 15) is 8.78 Å². The van der Waals surface area contributed by atoms with Crippen molar-refractivity contribution in [1.29, 1.82) is 0 Å². The third-order valence-corrected chi connectivity index (χ3v) is 2.66. The molecular weight excluding hydrogens is 208 g/mol. The average Bonchev–Trinajstić information content (AvgIpc) is 2.27. The predicted molar refractivity (Wildman–Crippen MR) is 62.4 cm³/mol. The van der Waals surface area contributed by atoms with Crippen molar-refractivity contribution in [2.45, 2.75) is 26.7 Å². The van der Waals surface area contributed by atoms with Crippen molar-refractivity contribution in [2.75, 3.05) is 13.1 Å². The maximum Gasteiger partial charge on any atom is 0.126 e.